The summed E-state index contributed by atoms with van der Waals surface area (Å²) in [5.74, 6) is -1.67. The number of aldehydes is 1. The predicted octanol–water partition coefficient (Wildman–Crippen LogP) is -0.321. The molecule has 0 atom stereocenters. The Kier molecular flexibility index (Phi) is 23.2. The van der Waals surface area contributed by atoms with E-state index in [-0.39, 0.29) is 6.29 Å². The third kappa shape index (κ3) is 38.8. The zero-order valence-corrected chi connectivity index (χ0v) is 14.7. The summed E-state index contributed by atoms with van der Waals surface area (Å²) in [4.78, 5) is 27.4. The molecule has 0 radical (unpaired) electrons. The maximum atomic E-state index is 9.43. The Morgan fingerprint density at radius 1 is 0.826 bits per heavy atom. The highest BCUT2D eigenvalue weighted by atomic mass is 35.6. The van der Waals surface area contributed by atoms with Crippen LogP contribution in [-0.4, -0.2) is 79.1 Å². The first-order valence-corrected chi connectivity index (χ1v) is 6.76. The molecule has 0 aliphatic rings. The molecule has 0 spiro atoms. The number of carboxylic acids is 2. The largest absolute Gasteiger partial charge is 0.481 e. The minimum Gasteiger partial charge on any atom is -0.481 e. The summed E-state index contributed by atoms with van der Waals surface area (Å²) < 4.78 is -1.72. The van der Waals surface area contributed by atoms with Gasteiger partial charge in [0.25, 0.3) is 11.9 Å². The van der Waals surface area contributed by atoms with Crippen molar-refractivity contribution in [3.8, 4) is 0 Å². The maximum absolute atomic E-state index is 9.43. The molecule has 0 aliphatic carbocycles. The molecule has 0 heterocycles. The van der Waals surface area contributed by atoms with Crippen LogP contribution < -0.4 is 0 Å². The van der Waals surface area contributed by atoms with Crippen molar-refractivity contribution < 1.29 is 45.0 Å². The summed E-state index contributed by atoms with van der Waals surface area (Å²) in [6, 6.07) is 0. The van der Waals surface area contributed by atoms with Gasteiger partial charge in [-0.15, -0.1) is 0 Å². The summed E-state index contributed by atoms with van der Waals surface area (Å²) >= 11 is 14.6. The van der Waals surface area contributed by atoms with E-state index in [0.717, 1.165) is 13.8 Å². The highest BCUT2D eigenvalue weighted by Crippen LogP contribution is 2.21. The normalized spacial score (nSPS) is 9.78. The second-order valence-electron chi connectivity index (χ2n) is 3.83. The van der Waals surface area contributed by atoms with Crippen LogP contribution in [0.4, 0.5) is 0 Å². The van der Waals surface area contributed by atoms with Gasteiger partial charge in [0.15, 0.2) is 6.29 Å². The van der Waals surface area contributed by atoms with Crippen molar-refractivity contribution in [2.75, 3.05) is 26.4 Å². The summed E-state index contributed by atoms with van der Waals surface area (Å²) in [7, 11) is 0. The molecule has 0 amide bonds. The van der Waals surface area contributed by atoms with E-state index in [9.17, 15) is 4.79 Å². The van der Waals surface area contributed by atoms with Gasteiger partial charge < -0.3 is 30.6 Å². The number of halogens is 3. The lowest BCUT2D eigenvalue weighted by molar-refractivity contribution is -0.135. The van der Waals surface area contributed by atoms with E-state index in [1.807, 2.05) is 0 Å². The molecule has 0 aromatic rings. The molecule has 0 saturated carbocycles. The number of carbonyl (C=O) groups excluding carboxylic acids is 1. The maximum Gasteiger partial charge on any atom is 0.300 e. The Morgan fingerprint density at radius 3 is 0.957 bits per heavy atom. The minimum absolute atomic E-state index is 0.234. The summed E-state index contributed by atoms with van der Waals surface area (Å²) in [6.45, 7) is 0.542. The van der Waals surface area contributed by atoms with Gasteiger partial charge in [-0.3, -0.25) is 14.4 Å². The summed E-state index contributed by atoms with van der Waals surface area (Å²) in [5.41, 5.74) is -1.11. The zero-order valence-electron chi connectivity index (χ0n) is 12.4. The fourth-order valence-electron chi connectivity index (χ4n) is 0.300. The summed E-state index contributed by atoms with van der Waals surface area (Å²) in [5, 5.41) is 48.8. The molecule has 9 nitrogen and oxygen atoms in total. The van der Waals surface area contributed by atoms with Gasteiger partial charge in [0.2, 0.25) is 3.79 Å². The van der Waals surface area contributed by atoms with Crippen LogP contribution in [0.2, 0.25) is 0 Å². The van der Waals surface area contributed by atoms with Gasteiger partial charge in [0.1, 0.15) is 0 Å². The van der Waals surface area contributed by atoms with E-state index in [2.05, 4.69) is 0 Å². The van der Waals surface area contributed by atoms with Crippen LogP contribution >= 0.6 is 34.8 Å². The fourth-order valence-corrected chi connectivity index (χ4v) is 0.300. The highest BCUT2D eigenvalue weighted by molar-refractivity contribution is 6.74. The lowest BCUT2D eigenvalue weighted by Crippen LogP contribution is -2.37. The third-order valence-corrected chi connectivity index (χ3v) is 1.74. The number of aliphatic hydroxyl groups is 4. The zero-order chi connectivity index (χ0) is 19.7. The molecule has 0 rings (SSSR count). The topological polar surface area (TPSA) is 173 Å². The molecule has 0 fully saturated rings. The van der Waals surface area contributed by atoms with Crippen molar-refractivity contribution in [3.05, 3.63) is 0 Å². The van der Waals surface area contributed by atoms with Crippen LogP contribution in [0, 0.1) is 5.41 Å². The van der Waals surface area contributed by atoms with Crippen molar-refractivity contribution in [2.24, 2.45) is 5.41 Å². The molecule has 0 saturated heterocycles. The molecule has 0 unspecified atom stereocenters. The predicted molar refractivity (Wildman–Crippen MR) is 83.7 cm³/mol. The molecule has 0 aromatic heterocycles. The third-order valence-electron chi connectivity index (χ3n) is 1.48. The van der Waals surface area contributed by atoms with Gasteiger partial charge in [0, 0.05) is 13.8 Å². The van der Waals surface area contributed by atoms with Crippen molar-refractivity contribution in [1.29, 1.82) is 0 Å². The van der Waals surface area contributed by atoms with Gasteiger partial charge in [-0.2, -0.15) is 0 Å². The molecule has 0 aromatic carbocycles. The number of aliphatic hydroxyl groups excluding tert-OH is 4. The Morgan fingerprint density at radius 2 is 0.957 bits per heavy atom. The second-order valence-corrected chi connectivity index (χ2v) is 6.20. The quantitative estimate of drug-likeness (QED) is 0.271. The fraction of sp³-hybridized carbons (Fsp3) is 0.727. The Labute approximate surface area is 148 Å². The lowest BCUT2D eigenvalue weighted by atomic mass is 9.93. The van der Waals surface area contributed by atoms with Crippen LogP contribution in [0.15, 0.2) is 0 Å². The monoisotopic (exact) mass is 402 g/mol. The number of carboxylic acid groups (broad SMARTS) is 2. The first kappa shape index (κ1) is 30.2. The second kappa shape index (κ2) is 17.7. The Balaban J connectivity index is -0.000000112. The van der Waals surface area contributed by atoms with Gasteiger partial charge >= 0.3 is 0 Å². The molecule has 0 aliphatic heterocycles. The number of aliphatic carboxylic acids is 2. The number of hydrogen-bond donors (Lipinski definition) is 6. The molecule has 6 N–H and O–H groups in total. The van der Waals surface area contributed by atoms with Gasteiger partial charge in [-0.25, -0.2) is 0 Å². The van der Waals surface area contributed by atoms with Gasteiger partial charge in [-0.05, 0) is 0 Å². The van der Waals surface area contributed by atoms with Crippen molar-refractivity contribution >= 4 is 53.0 Å². The van der Waals surface area contributed by atoms with Gasteiger partial charge in [-0.1, -0.05) is 34.8 Å². The number of hydrogen-bond acceptors (Lipinski definition) is 7. The van der Waals surface area contributed by atoms with E-state index in [0.29, 0.717) is 0 Å². The number of carbonyl (C=O) groups is 3. The number of alkyl halides is 3. The van der Waals surface area contributed by atoms with Gasteiger partial charge in [0.05, 0.1) is 31.8 Å². The SMILES string of the molecule is CC(=O)O.CC(=O)O.O=CC(Cl)(Cl)Cl.OCC(CO)(CO)CO. The molecular weight excluding hydrogens is 382 g/mol. The van der Waals surface area contributed by atoms with Crippen LogP contribution in [0.1, 0.15) is 13.8 Å². The molecule has 0 bridgehead atoms. The van der Waals surface area contributed by atoms with Crippen LogP contribution in [0.25, 0.3) is 0 Å². The van der Waals surface area contributed by atoms with Crippen LogP contribution in [-0.2, 0) is 14.4 Å². The standard InChI is InChI=1S/C5H12O4.C2HCl3O.2C2H4O2/c6-1-5(2-7,3-8)4-9;3-2(4,5)1-6;2*1-2(3)4/h6-9H,1-4H2;1H;2*1H3,(H,3,4). The Bertz CT molecular complexity index is 277. The van der Waals surface area contributed by atoms with Crippen molar-refractivity contribution in [1.82, 2.24) is 0 Å². The first-order valence-electron chi connectivity index (χ1n) is 5.63. The molecular formula is C11H21Cl3O9. The van der Waals surface area contributed by atoms with E-state index in [4.69, 9.17) is 75.0 Å². The van der Waals surface area contributed by atoms with E-state index >= 15 is 0 Å². The van der Waals surface area contributed by atoms with Crippen LogP contribution in [0.3, 0.4) is 0 Å². The smallest absolute Gasteiger partial charge is 0.300 e. The van der Waals surface area contributed by atoms with Crippen molar-refractivity contribution in [3.63, 3.8) is 0 Å². The summed E-state index contributed by atoms with van der Waals surface area (Å²) in [6.07, 6.45) is 0.234. The van der Waals surface area contributed by atoms with Crippen LogP contribution in [0.5, 0.6) is 0 Å². The van der Waals surface area contributed by atoms with E-state index in [1.54, 1.807) is 0 Å². The minimum atomic E-state index is -1.72. The van der Waals surface area contributed by atoms with E-state index in [1.165, 1.54) is 0 Å². The van der Waals surface area contributed by atoms with Crippen molar-refractivity contribution in [2.45, 2.75) is 17.6 Å². The Hall–Kier alpha value is -0.680. The molecule has 23 heavy (non-hydrogen) atoms. The van der Waals surface area contributed by atoms with E-state index < -0.39 is 47.6 Å². The molecule has 140 valence electrons. The average Bonchev–Trinajstić information content (AvgIpc) is 2.41. The molecule has 12 heteroatoms. The average molecular weight is 404 g/mol. The highest BCUT2D eigenvalue weighted by Gasteiger charge is 2.26. The first-order chi connectivity index (χ1) is 10.3. The number of rotatable bonds is 4. The lowest BCUT2D eigenvalue weighted by Gasteiger charge is -2.23.